The smallest absolute Gasteiger partial charge is 0.250 e. The number of nitrogens with one attached hydrogen (secondary N) is 1. The van der Waals surface area contributed by atoms with E-state index in [0.29, 0.717) is 18.2 Å². The number of hydrogen-bond donors (Lipinski definition) is 1. The van der Waals surface area contributed by atoms with Gasteiger partial charge in [-0.3, -0.25) is 10.1 Å². The lowest BCUT2D eigenvalue weighted by Crippen LogP contribution is -2.45. The van der Waals surface area contributed by atoms with Crippen LogP contribution in [0.15, 0.2) is 30.3 Å². The number of thiocarbonyl (C=S) groups is 1. The van der Waals surface area contributed by atoms with Crippen molar-refractivity contribution in [3.8, 4) is 0 Å². The van der Waals surface area contributed by atoms with E-state index in [1.165, 1.54) is 18.2 Å². The number of rotatable bonds is 5. The minimum atomic E-state index is -0.305. The molecule has 0 saturated carbocycles. The van der Waals surface area contributed by atoms with Crippen molar-refractivity contribution >= 4 is 29.3 Å². The van der Waals surface area contributed by atoms with Crippen LogP contribution in [-0.4, -0.2) is 41.7 Å². The molecule has 1 atom stereocenters. The Balaban J connectivity index is 1.84. The third-order valence-electron chi connectivity index (χ3n) is 3.64. The van der Waals surface area contributed by atoms with Gasteiger partial charge in [-0.25, -0.2) is 4.39 Å². The van der Waals surface area contributed by atoms with E-state index in [4.69, 9.17) is 17.0 Å². The minimum Gasteiger partial charge on any atom is -0.376 e. The summed E-state index contributed by atoms with van der Waals surface area (Å²) in [5.41, 5.74) is 0.749. The highest BCUT2D eigenvalue weighted by Crippen LogP contribution is 2.13. The van der Waals surface area contributed by atoms with Gasteiger partial charge in [0.25, 0.3) is 0 Å². The van der Waals surface area contributed by atoms with Gasteiger partial charge in [0.2, 0.25) is 5.91 Å². The van der Waals surface area contributed by atoms with E-state index >= 15 is 0 Å². The molecule has 0 spiro atoms. The number of halogens is 1. The molecule has 0 radical (unpaired) electrons. The monoisotopic (exact) mass is 336 g/mol. The number of nitrogens with zero attached hydrogens (tertiary/aromatic N) is 1. The van der Waals surface area contributed by atoms with Gasteiger partial charge in [0.1, 0.15) is 5.82 Å². The third-order valence-corrected chi connectivity index (χ3v) is 4.00. The lowest BCUT2D eigenvalue weighted by Gasteiger charge is -2.26. The summed E-state index contributed by atoms with van der Waals surface area (Å²) in [6.45, 7) is 4.18. The van der Waals surface area contributed by atoms with Crippen molar-refractivity contribution in [1.82, 2.24) is 10.2 Å². The zero-order valence-electron chi connectivity index (χ0n) is 13.1. The summed E-state index contributed by atoms with van der Waals surface area (Å²) in [7, 11) is 0. The molecule has 1 aliphatic heterocycles. The van der Waals surface area contributed by atoms with Gasteiger partial charge < -0.3 is 9.64 Å². The summed E-state index contributed by atoms with van der Waals surface area (Å²) in [5.74, 6) is -0.606. The maximum atomic E-state index is 12.8. The largest absolute Gasteiger partial charge is 0.376 e. The fraction of sp³-hybridized carbons (Fsp3) is 0.412. The number of carbonyl (C=O) groups is 1. The van der Waals surface area contributed by atoms with Crippen molar-refractivity contribution < 1.29 is 13.9 Å². The molecule has 1 aromatic rings. The van der Waals surface area contributed by atoms with Crippen LogP contribution >= 0.6 is 12.2 Å². The van der Waals surface area contributed by atoms with Gasteiger partial charge in [0.15, 0.2) is 5.11 Å². The second-order valence-corrected chi connectivity index (χ2v) is 5.74. The average Bonchev–Trinajstić information content (AvgIpc) is 3.05. The minimum absolute atomic E-state index is 0.180. The van der Waals surface area contributed by atoms with E-state index in [0.717, 1.165) is 25.0 Å². The Kier molecular flexibility index (Phi) is 6.67. The Morgan fingerprint density at radius 1 is 1.48 bits per heavy atom. The molecule has 1 amide bonds. The van der Waals surface area contributed by atoms with Crippen LogP contribution in [0.2, 0.25) is 0 Å². The van der Waals surface area contributed by atoms with Gasteiger partial charge in [0.05, 0.1) is 6.10 Å². The predicted molar refractivity (Wildman–Crippen MR) is 92.4 cm³/mol. The van der Waals surface area contributed by atoms with Gasteiger partial charge in [-0.2, -0.15) is 0 Å². The first-order valence-corrected chi connectivity index (χ1v) is 8.14. The van der Waals surface area contributed by atoms with Gasteiger partial charge >= 0.3 is 0 Å². The van der Waals surface area contributed by atoms with E-state index in [-0.39, 0.29) is 17.8 Å². The van der Waals surface area contributed by atoms with Gasteiger partial charge in [-0.05, 0) is 55.8 Å². The van der Waals surface area contributed by atoms with Crippen molar-refractivity contribution in [2.75, 3.05) is 19.7 Å². The van der Waals surface area contributed by atoms with Crippen molar-refractivity contribution in [3.05, 3.63) is 41.7 Å². The van der Waals surface area contributed by atoms with Crippen LogP contribution in [0.25, 0.3) is 6.08 Å². The van der Waals surface area contributed by atoms with Crippen LogP contribution in [0, 0.1) is 5.82 Å². The van der Waals surface area contributed by atoms with E-state index in [1.807, 2.05) is 11.8 Å². The maximum Gasteiger partial charge on any atom is 0.250 e. The number of hydrogen-bond acceptors (Lipinski definition) is 3. The Morgan fingerprint density at radius 3 is 2.83 bits per heavy atom. The van der Waals surface area contributed by atoms with Crippen LogP contribution in [0.4, 0.5) is 4.39 Å². The molecule has 1 N–H and O–H groups in total. The zero-order chi connectivity index (χ0) is 16.7. The molecule has 23 heavy (non-hydrogen) atoms. The maximum absolute atomic E-state index is 12.8. The number of amides is 1. The van der Waals surface area contributed by atoms with Crippen LogP contribution < -0.4 is 5.32 Å². The highest BCUT2D eigenvalue weighted by Gasteiger charge is 2.20. The van der Waals surface area contributed by atoms with Gasteiger partial charge in [-0.15, -0.1) is 0 Å². The number of benzene rings is 1. The van der Waals surface area contributed by atoms with E-state index in [1.54, 1.807) is 18.2 Å². The van der Waals surface area contributed by atoms with Crippen LogP contribution in [0.5, 0.6) is 0 Å². The molecule has 1 unspecified atom stereocenters. The molecule has 4 nitrogen and oxygen atoms in total. The van der Waals surface area contributed by atoms with Crippen molar-refractivity contribution in [2.45, 2.75) is 25.9 Å². The Labute approximate surface area is 141 Å². The summed E-state index contributed by atoms with van der Waals surface area (Å²) in [5, 5.41) is 3.09. The zero-order valence-corrected chi connectivity index (χ0v) is 13.9. The topological polar surface area (TPSA) is 41.6 Å². The fourth-order valence-electron chi connectivity index (χ4n) is 2.36. The molecule has 0 bridgehead atoms. The molecule has 0 aromatic heterocycles. The molecule has 1 heterocycles. The van der Waals surface area contributed by atoms with E-state index < -0.39 is 0 Å². The number of likely N-dealkylation sites (N-methyl/N-ethyl adjacent to an activating group) is 1. The van der Waals surface area contributed by atoms with Crippen LogP contribution in [0.3, 0.4) is 0 Å². The summed E-state index contributed by atoms with van der Waals surface area (Å²) in [6.07, 6.45) is 5.28. The molecule has 124 valence electrons. The second kappa shape index (κ2) is 8.74. The van der Waals surface area contributed by atoms with E-state index in [2.05, 4.69) is 5.32 Å². The van der Waals surface area contributed by atoms with Crippen molar-refractivity contribution in [1.29, 1.82) is 0 Å². The summed E-state index contributed by atoms with van der Waals surface area (Å²) >= 11 is 5.29. The Morgan fingerprint density at radius 2 is 2.22 bits per heavy atom. The number of ether oxygens (including phenoxy) is 1. The third kappa shape index (κ3) is 5.73. The van der Waals surface area contributed by atoms with Gasteiger partial charge in [-0.1, -0.05) is 12.1 Å². The van der Waals surface area contributed by atoms with Crippen molar-refractivity contribution in [3.63, 3.8) is 0 Å². The summed E-state index contributed by atoms with van der Waals surface area (Å²) < 4.78 is 18.4. The fourth-order valence-corrected chi connectivity index (χ4v) is 2.67. The molecular formula is C17H21FN2O2S. The predicted octanol–water partition coefficient (Wildman–Crippen LogP) is 2.74. The Hall–Kier alpha value is -1.79. The first kappa shape index (κ1) is 17.6. The normalized spacial score (nSPS) is 17.4. The average molecular weight is 336 g/mol. The lowest BCUT2D eigenvalue weighted by atomic mass is 10.2. The molecule has 1 aliphatic rings. The first-order chi connectivity index (χ1) is 11.1. The second-order valence-electron chi connectivity index (χ2n) is 5.35. The van der Waals surface area contributed by atoms with Crippen molar-refractivity contribution in [2.24, 2.45) is 0 Å². The van der Waals surface area contributed by atoms with Crippen LogP contribution in [0.1, 0.15) is 25.3 Å². The Bertz CT molecular complexity index is 568. The molecular weight excluding hydrogens is 315 g/mol. The molecule has 1 saturated heterocycles. The van der Waals surface area contributed by atoms with Gasteiger partial charge in [0, 0.05) is 25.8 Å². The SMILES string of the molecule is CCN(CC1CCCO1)C(=S)NC(=O)C=Cc1ccc(F)cc1. The van der Waals surface area contributed by atoms with E-state index in [9.17, 15) is 9.18 Å². The first-order valence-electron chi connectivity index (χ1n) is 7.73. The molecule has 1 fully saturated rings. The molecule has 6 heteroatoms. The quantitative estimate of drug-likeness (QED) is 0.663. The number of carbonyl (C=O) groups excluding carboxylic acids is 1. The molecule has 1 aromatic carbocycles. The molecule has 2 rings (SSSR count). The highest BCUT2D eigenvalue weighted by atomic mass is 32.1. The lowest BCUT2D eigenvalue weighted by molar-refractivity contribution is -0.115. The summed E-state index contributed by atoms with van der Waals surface area (Å²) in [4.78, 5) is 13.9. The molecule has 0 aliphatic carbocycles. The standard InChI is InChI=1S/C17H21FN2O2S/c1-2-20(12-15-4-3-11-22-15)17(23)19-16(21)10-7-13-5-8-14(18)9-6-13/h5-10,15H,2-4,11-12H2,1H3,(H,19,21,23). The highest BCUT2D eigenvalue weighted by molar-refractivity contribution is 7.80. The van der Waals surface area contributed by atoms with Crippen LogP contribution in [-0.2, 0) is 9.53 Å². The summed E-state index contributed by atoms with van der Waals surface area (Å²) in [6, 6.07) is 5.91.